The zero-order valence-corrected chi connectivity index (χ0v) is 11.7. The Labute approximate surface area is 111 Å². The quantitative estimate of drug-likeness (QED) is 0.433. The van der Waals surface area contributed by atoms with E-state index in [1.807, 2.05) is 0 Å². The molecule has 1 rings (SSSR count). The first-order valence-corrected chi connectivity index (χ1v) is 3.31. The molecule has 0 aliphatic heterocycles. The van der Waals surface area contributed by atoms with Crippen molar-refractivity contribution >= 4 is 28.9 Å². The van der Waals surface area contributed by atoms with Crippen molar-refractivity contribution in [3.63, 3.8) is 0 Å². The molecule has 0 bridgehead atoms. The third kappa shape index (κ3) is 5.74. The SMILES string of the molecule is CC(C)(O)c1nccc(N)n1.[Br-].[CH3-].[Mg+2]. The van der Waals surface area contributed by atoms with Crippen LogP contribution in [0.25, 0.3) is 0 Å². The molecule has 4 nitrogen and oxygen atoms in total. The van der Waals surface area contributed by atoms with E-state index in [1.165, 1.54) is 6.20 Å². The van der Waals surface area contributed by atoms with Crippen LogP contribution in [0.1, 0.15) is 19.7 Å². The fourth-order valence-corrected chi connectivity index (χ4v) is 0.667. The van der Waals surface area contributed by atoms with Gasteiger partial charge in [0.25, 0.3) is 0 Å². The maximum absolute atomic E-state index is 9.43. The van der Waals surface area contributed by atoms with E-state index >= 15 is 0 Å². The number of hydrogen-bond acceptors (Lipinski definition) is 4. The minimum atomic E-state index is -1.02. The normalized spacial score (nSPS) is 9.07. The summed E-state index contributed by atoms with van der Waals surface area (Å²) in [6.45, 7) is 3.23. The van der Waals surface area contributed by atoms with Crippen LogP contribution in [-0.2, 0) is 5.60 Å². The van der Waals surface area contributed by atoms with Gasteiger partial charge < -0.3 is 35.2 Å². The fraction of sp³-hybridized carbons (Fsp3) is 0.375. The van der Waals surface area contributed by atoms with Gasteiger partial charge >= 0.3 is 23.1 Å². The van der Waals surface area contributed by atoms with E-state index in [4.69, 9.17) is 5.73 Å². The van der Waals surface area contributed by atoms with Crippen LogP contribution < -0.4 is 22.7 Å². The Hall–Kier alpha value is 0.0862. The van der Waals surface area contributed by atoms with E-state index in [9.17, 15) is 5.11 Å². The second-order valence-corrected chi connectivity index (χ2v) is 2.86. The van der Waals surface area contributed by atoms with E-state index in [1.54, 1.807) is 19.9 Å². The first kappa shape index (κ1) is 19.6. The molecule has 0 aromatic carbocycles. The van der Waals surface area contributed by atoms with Gasteiger partial charge in [0.15, 0.2) is 5.82 Å². The molecule has 0 saturated heterocycles. The molecule has 0 unspecified atom stereocenters. The van der Waals surface area contributed by atoms with Crippen LogP contribution >= 0.6 is 0 Å². The molecule has 0 saturated carbocycles. The van der Waals surface area contributed by atoms with Crippen LogP contribution in [0.2, 0.25) is 0 Å². The monoisotopic (exact) mass is 271 g/mol. The van der Waals surface area contributed by atoms with Crippen molar-refractivity contribution in [1.82, 2.24) is 9.97 Å². The predicted molar refractivity (Wildman–Crippen MR) is 53.9 cm³/mol. The Morgan fingerprint density at radius 2 is 1.93 bits per heavy atom. The first-order chi connectivity index (χ1) is 5.00. The number of aromatic nitrogens is 2. The maximum Gasteiger partial charge on any atom is 2.00 e. The average molecular weight is 272 g/mol. The molecule has 0 amide bonds. The number of rotatable bonds is 1. The number of hydrogen-bond donors (Lipinski definition) is 2. The number of nitrogen functional groups attached to an aromatic ring is 1. The van der Waals surface area contributed by atoms with Crippen LogP contribution in [0.15, 0.2) is 12.3 Å². The third-order valence-corrected chi connectivity index (χ3v) is 1.22. The molecule has 1 heterocycles. The summed E-state index contributed by atoms with van der Waals surface area (Å²) in [5.74, 6) is 0.717. The number of aliphatic hydroxyl groups is 1. The van der Waals surface area contributed by atoms with Gasteiger partial charge in [-0.3, -0.25) is 0 Å². The van der Waals surface area contributed by atoms with Crippen LogP contribution in [0, 0.1) is 7.43 Å². The first-order valence-electron chi connectivity index (χ1n) is 3.31. The van der Waals surface area contributed by atoms with Gasteiger partial charge in [-0.15, -0.1) is 0 Å². The molecule has 14 heavy (non-hydrogen) atoms. The summed E-state index contributed by atoms with van der Waals surface area (Å²) in [4.78, 5) is 7.73. The van der Waals surface area contributed by atoms with Crippen molar-refractivity contribution in [3.8, 4) is 0 Å². The Kier molecular flexibility index (Phi) is 10.4. The summed E-state index contributed by atoms with van der Waals surface area (Å²) in [7, 11) is 0. The zero-order chi connectivity index (χ0) is 8.48. The minimum Gasteiger partial charge on any atom is -1.00 e. The predicted octanol–water partition coefficient (Wildman–Crippen LogP) is -2.64. The van der Waals surface area contributed by atoms with Gasteiger partial charge in [-0.1, -0.05) is 0 Å². The molecule has 1 aromatic rings. The van der Waals surface area contributed by atoms with Crippen molar-refractivity contribution in [1.29, 1.82) is 0 Å². The van der Waals surface area contributed by atoms with E-state index in [0.717, 1.165) is 0 Å². The van der Waals surface area contributed by atoms with Crippen molar-refractivity contribution < 1.29 is 22.1 Å². The zero-order valence-electron chi connectivity index (χ0n) is 8.66. The van der Waals surface area contributed by atoms with Gasteiger partial charge in [0.1, 0.15) is 11.4 Å². The van der Waals surface area contributed by atoms with Crippen LogP contribution in [0.3, 0.4) is 0 Å². The summed E-state index contributed by atoms with van der Waals surface area (Å²) >= 11 is 0. The molecular weight excluding hydrogens is 258 g/mol. The fourth-order valence-electron chi connectivity index (χ4n) is 0.667. The molecule has 0 spiro atoms. The second-order valence-electron chi connectivity index (χ2n) is 2.86. The molecule has 1 aromatic heterocycles. The van der Waals surface area contributed by atoms with E-state index in [0.29, 0.717) is 11.6 Å². The van der Waals surface area contributed by atoms with Gasteiger partial charge in [-0.25, -0.2) is 9.97 Å². The molecule has 0 aliphatic carbocycles. The van der Waals surface area contributed by atoms with Crippen LogP contribution in [0.5, 0.6) is 0 Å². The van der Waals surface area contributed by atoms with E-state index in [-0.39, 0.29) is 47.5 Å². The Morgan fingerprint density at radius 1 is 1.43 bits per heavy atom. The van der Waals surface area contributed by atoms with Gasteiger partial charge in [-0.05, 0) is 19.9 Å². The summed E-state index contributed by atoms with van der Waals surface area (Å²) < 4.78 is 0. The van der Waals surface area contributed by atoms with Gasteiger partial charge in [-0.2, -0.15) is 0 Å². The summed E-state index contributed by atoms with van der Waals surface area (Å²) in [6, 6.07) is 1.58. The van der Waals surface area contributed by atoms with E-state index < -0.39 is 5.60 Å². The van der Waals surface area contributed by atoms with Crippen LogP contribution in [0.4, 0.5) is 5.82 Å². The second kappa shape index (κ2) is 7.39. The van der Waals surface area contributed by atoms with Crippen molar-refractivity contribution in [2.24, 2.45) is 0 Å². The van der Waals surface area contributed by atoms with E-state index in [2.05, 4.69) is 9.97 Å². The third-order valence-electron chi connectivity index (χ3n) is 1.22. The molecule has 3 N–H and O–H groups in total. The minimum absolute atomic E-state index is 0. The Balaban J connectivity index is -0.000000403. The molecule has 0 aliphatic rings. The summed E-state index contributed by atoms with van der Waals surface area (Å²) in [5, 5.41) is 9.43. The molecular formula is C8H14BrMgN3O. The van der Waals surface area contributed by atoms with Crippen molar-refractivity contribution in [2.45, 2.75) is 19.4 Å². The smallest absolute Gasteiger partial charge is 1.00 e. The number of nitrogens with zero attached hydrogens (tertiary/aromatic N) is 2. The number of nitrogens with two attached hydrogens (primary N) is 1. The molecule has 0 atom stereocenters. The molecule has 0 radical (unpaired) electrons. The molecule has 76 valence electrons. The largest absolute Gasteiger partial charge is 2.00 e. The average Bonchev–Trinajstić information content (AvgIpc) is 1.86. The Morgan fingerprint density at radius 3 is 2.21 bits per heavy atom. The van der Waals surface area contributed by atoms with Crippen molar-refractivity contribution in [2.75, 3.05) is 5.73 Å². The standard InChI is InChI=1S/C7H11N3O.CH3.BrH.Mg/c1-7(2,11)6-9-4-3-5(8)10-6;;;/h3-4,11H,1-2H3,(H2,8,9,10);1H3;1H;/q;-1;;+2/p-1. The Bertz CT molecular complexity index is 265. The van der Waals surface area contributed by atoms with Gasteiger partial charge in [0.05, 0.1) is 0 Å². The van der Waals surface area contributed by atoms with Crippen molar-refractivity contribution in [3.05, 3.63) is 25.5 Å². The number of anilines is 1. The molecule has 0 fully saturated rings. The number of halogens is 1. The van der Waals surface area contributed by atoms with Gasteiger partial charge in [0.2, 0.25) is 0 Å². The molecule has 6 heteroatoms. The topological polar surface area (TPSA) is 72.0 Å². The summed E-state index contributed by atoms with van der Waals surface area (Å²) in [5.41, 5.74) is 4.37. The summed E-state index contributed by atoms with van der Waals surface area (Å²) in [6.07, 6.45) is 1.52. The maximum atomic E-state index is 9.43. The van der Waals surface area contributed by atoms with Gasteiger partial charge in [0, 0.05) is 6.20 Å². The van der Waals surface area contributed by atoms with Crippen LogP contribution in [-0.4, -0.2) is 38.1 Å².